The van der Waals surface area contributed by atoms with E-state index in [9.17, 15) is 9.59 Å². The summed E-state index contributed by atoms with van der Waals surface area (Å²) in [5, 5.41) is 3.93. The number of aromatic nitrogens is 2. The maximum atomic E-state index is 13.2. The number of nitrogens with zero attached hydrogens (tertiary/aromatic N) is 2. The number of rotatable bonds is 4. The van der Waals surface area contributed by atoms with Crippen molar-refractivity contribution in [1.29, 1.82) is 0 Å². The number of fused-ring (bicyclic) bond motifs is 1. The van der Waals surface area contributed by atoms with Crippen LogP contribution in [0.4, 0.5) is 5.69 Å². The lowest BCUT2D eigenvalue weighted by atomic mass is 10.0. The van der Waals surface area contributed by atoms with Crippen molar-refractivity contribution in [2.45, 2.75) is 20.4 Å². The monoisotopic (exact) mass is 501 g/mol. The summed E-state index contributed by atoms with van der Waals surface area (Å²) in [6.45, 7) is 3.67. The number of anilines is 1. The summed E-state index contributed by atoms with van der Waals surface area (Å²) in [5.74, 6) is -0.319. The molecule has 8 heteroatoms. The third-order valence-corrected chi connectivity index (χ3v) is 6.79. The van der Waals surface area contributed by atoms with E-state index in [1.807, 2.05) is 38.1 Å². The van der Waals surface area contributed by atoms with E-state index in [0.29, 0.717) is 20.9 Å². The molecule has 0 spiro atoms. The van der Waals surface area contributed by atoms with E-state index in [0.717, 1.165) is 26.0 Å². The maximum Gasteiger partial charge on any atom is 0.263 e. The lowest BCUT2D eigenvalue weighted by Crippen LogP contribution is -2.28. The minimum atomic E-state index is -0.319. The van der Waals surface area contributed by atoms with Crippen LogP contribution in [-0.2, 0) is 11.3 Å². The molecule has 0 bridgehead atoms. The zero-order chi connectivity index (χ0) is 21.4. The fourth-order valence-corrected chi connectivity index (χ4v) is 4.74. The molecule has 2 heterocycles. The van der Waals surface area contributed by atoms with Crippen LogP contribution in [0.15, 0.2) is 58.1 Å². The van der Waals surface area contributed by atoms with Crippen molar-refractivity contribution in [2.75, 3.05) is 5.32 Å². The van der Waals surface area contributed by atoms with Crippen LogP contribution in [-0.4, -0.2) is 15.5 Å². The van der Waals surface area contributed by atoms with Crippen molar-refractivity contribution in [3.63, 3.8) is 0 Å². The van der Waals surface area contributed by atoms with Gasteiger partial charge in [-0.15, -0.1) is 11.3 Å². The summed E-state index contributed by atoms with van der Waals surface area (Å²) in [6.07, 6.45) is 1.43. The van der Waals surface area contributed by atoms with Crippen LogP contribution in [0.1, 0.15) is 10.4 Å². The Morgan fingerprint density at radius 3 is 2.67 bits per heavy atom. The molecule has 4 rings (SSSR count). The van der Waals surface area contributed by atoms with Crippen LogP contribution < -0.4 is 10.9 Å². The number of aryl methyl sites for hydroxylation is 1. The Bertz CT molecular complexity index is 1330. The van der Waals surface area contributed by atoms with E-state index in [-0.39, 0.29) is 18.0 Å². The van der Waals surface area contributed by atoms with Gasteiger partial charge in [-0.25, -0.2) is 4.98 Å². The van der Waals surface area contributed by atoms with Crippen LogP contribution in [0, 0.1) is 13.8 Å². The van der Waals surface area contributed by atoms with Crippen molar-refractivity contribution in [3.8, 4) is 11.1 Å². The quantitative estimate of drug-likeness (QED) is 0.384. The smallest absolute Gasteiger partial charge is 0.263 e. The molecule has 0 aliphatic carbocycles. The standard InChI is InChI=1S/C22H17BrClN3O2S/c1-12-16(24)4-3-5-17(12)26-18(28)10-27-11-25-21-20(22(27)29)19(13(2)30-21)14-6-8-15(23)9-7-14/h3-9,11H,10H2,1-2H3,(H,26,28). The Morgan fingerprint density at radius 1 is 1.20 bits per heavy atom. The van der Waals surface area contributed by atoms with Gasteiger partial charge in [-0.3, -0.25) is 14.2 Å². The van der Waals surface area contributed by atoms with Gasteiger partial charge in [0.1, 0.15) is 11.4 Å². The number of nitrogens with one attached hydrogen (secondary N) is 1. The molecule has 4 aromatic rings. The fraction of sp³-hybridized carbons (Fsp3) is 0.136. The highest BCUT2D eigenvalue weighted by molar-refractivity contribution is 9.10. The molecular weight excluding hydrogens is 486 g/mol. The largest absolute Gasteiger partial charge is 0.324 e. The van der Waals surface area contributed by atoms with Crippen molar-refractivity contribution < 1.29 is 4.79 Å². The van der Waals surface area contributed by atoms with Crippen molar-refractivity contribution in [1.82, 2.24) is 9.55 Å². The summed E-state index contributed by atoms with van der Waals surface area (Å²) in [5.41, 5.74) is 2.97. The van der Waals surface area contributed by atoms with Gasteiger partial charge in [0.2, 0.25) is 5.91 Å². The molecule has 0 aliphatic heterocycles. The van der Waals surface area contributed by atoms with Crippen molar-refractivity contribution in [3.05, 3.63) is 79.1 Å². The van der Waals surface area contributed by atoms with E-state index in [1.54, 1.807) is 18.2 Å². The molecular formula is C22H17BrClN3O2S. The SMILES string of the molecule is Cc1sc2ncn(CC(=O)Nc3cccc(Cl)c3C)c(=O)c2c1-c1ccc(Br)cc1. The van der Waals surface area contributed by atoms with Gasteiger partial charge in [0.25, 0.3) is 5.56 Å². The van der Waals surface area contributed by atoms with Gasteiger partial charge in [0.15, 0.2) is 0 Å². The first-order valence-electron chi connectivity index (χ1n) is 9.14. The second kappa shape index (κ2) is 8.34. The minimum Gasteiger partial charge on any atom is -0.324 e. The number of amides is 1. The van der Waals surface area contributed by atoms with Gasteiger partial charge < -0.3 is 5.32 Å². The normalized spacial score (nSPS) is 11.1. The molecule has 2 aromatic carbocycles. The van der Waals surface area contributed by atoms with Gasteiger partial charge >= 0.3 is 0 Å². The highest BCUT2D eigenvalue weighted by Crippen LogP contribution is 2.35. The molecule has 2 aromatic heterocycles. The number of halogens is 2. The molecule has 1 amide bonds. The summed E-state index contributed by atoms with van der Waals surface area (Å²) >= 11 is 11.0. The molecule has 0 fully saturated rings. The first kappa shape index (κ1) is 20.8. The summed E-state index contributed by atoms with van der Waals surface area (Å²) in [7, 11) is 0. The molecule has 0 radical (unpaired) electrons. The third kappa shape index (κ3) is 3.93. The number of thiophene rings is 1. The Labute approximate surface area is 190 Å². The molecule has 1 N–H and O–H groups in total. The highest BCUT2D eigenvalue weighted by atomic mass is 79.9. The van der Waals surface area contributed by atoms with Gasteiger partial charge in [-0.1, -0.05) is 45.7 Å². The number of carbonyl (C=O) groups is 1. The number of carbonyl (C=O) groups excluding carboxylic acids is 1. The summed E-state index contributed by atoms with van der Waals surface area (Å²) in [4.78, 5) is 31.9. The lowest BCUT2D eigenvalue weighted by Gasteiger charge is -2.10. The summed E-state index contributed by atoms with van der Waals surface area (Å²) < 4.78 is 2.30. The Hall–Kier alpha value is -2.48. The molecule has 0 saturated carbocycles. The first-order chi connectivity index (χ1) is 14.3. The van der Waals surface area contributed by atoms with Gasteiger partial charge in [0.05, 0.1) is 11.7 Å². The van der Waals surface area contributed by atoms with Gasteiger partial charge in [0, 0.05) is 25.6 Å². The fourth-order valence-electron chi connectivity index (χ4n) is 3.30. The maximum absolute atomic E-state index is 13.2. The van der Waals surface area contributed by atoms with E-state index in [2.05, 4.69) is 26.2 Å². The molecule has 0 atom stereocenters. The van der Waals surface area contributed by atoms with Crippen LogP contribution in [0.3, 0.4) is 0 Å². The van der Waals surface area contributed by atoms with E-state index in [1.165, 1.54) is 22.2 Å². The Kier molecular flexibility index (Phi) is 5.77. The van der Waals surface area contributed by atoms with Crippen molar-refractivity contribution >= 4 is 60.7 Å². The molecule has 152 valence electrons. The third-order valence-electron chi connectivity index (χ3n) is 4.84. The topological polar surface area (TPSA) is 64.0 Å². The van der Waals surface area contributed by atoms with Gasteiger partial charge in [-0.2, -0.15) is 0 Å². The van der Waals surface area contributed by atoms with E-state index < -0.39 is 0 Å². The Morgan fingerprint density at radius 2 is 1.93 bits per heavy atom. The second-order valence-corrected chi connectivity index (χ2v) is 9.38. The molecule has 30 heavy (non-hydrogen) atoms. The number of hydrogen-bond donors (Lipinski definition) is 1. The molecule has 5 nitrogen and oxygen atoms in total. The molecule has 0 aliphatic rings. The van der Waals surface area contributed by atoms with E-state index in [4.69, 9.17) is 11.6 Å². The number of hydrogen-bond acceptors (Lipinski definition) is 4. The first-order valence-corrected chi connectivity index (χ1v) is 11.1. The number of benzene rings is 2. The lowest BCUT2D eigenvalue weighted by molar-refractivity contribution is -0.116. The molecule has 0 unspecified atom stereocenters. The van der Waals surface area contributed by atoms with Crippen molar-refractivity contribution in [2.24, 2.45) is 0 Å². The van der Waals surface area contributed by atoms with Crippen LogP contribution in [0.2, 0.25) is 5.02 Å². The van der Waals surface area contributed by atoms with Crippen LogP contribution in [0.5, 0.6) is 0 Å². The predicted octanol–water partition coefficient (Wildman–Crippen LogP) is 5.80. The zero-order valence-corrected chi connectivity index (χ0v) is 19.4. The average molecular weight is 503 g/mol. The van der Waals surface area contributed by atoms with Crippen LogP contribution in [0.25, 0.3) is 21.3 Å². The predicted molar refractivity (Wildman–Crippen MR) is 127 cm³/mol. The minimum absolute atomic E-state index is 0.137. The average Bonchev–Trinajstić information content (AvgIpc) is 3.05. The second-order valence-electron chi connectivity index (χ2n) is 6.86. The zero-order valence-electron chi connectivity index (χ0n) is 16.2. The van der Waals surface area contributed by atoms with Gasteiger partial charge in [-0.05, 0) is 49.2 Å². The highest BCUT2D eigenvalue weighted by Gasteiger charge is 2.18. The molecule has 0 saturated heterocycles. The van der Waals surface area contributed by atoms with Crippen LogP contribution >= 0.6 is 38.9 Å². The van der Waals surface area contributed by atoms with E-state index >= 15 is 0 Å². The summed E-state index contributed by atoms with van der Waals surface area (Å²) in [6, 6.07) is 13.1. The Balaban J connectivity index is 1.70.